The number of aromatic nitrogens is 3. The number of rotatable bonds is 6. The number of hydrogen-bond donors (Lipinski definition) is 2. The summed E-state index contributed by atoms with van der Waals surface area (Å²) in [5.41, 5.74) is 7.31. The Hall–Kier alpha value is -4.22. The average molecular weight is 467 g/mol. The van der Waals surface area contributed by atoms with Gasteiger partial charge in [-0.25, -0.2) is 0 Å². The number of anilines is 1. The van der Waals surface area contributed by atoms with Crippen LogP contribution in [0.2, 0.25) is 0 Å². The van der Waals surface area contributed by atoms with Crippen molar-refractivity contribution in [1.82, 2.24) is 14.3 Å². The predicted molar refractivity (Wildman–Crippen MR) is 119 cm³/mol. The van der Waals surface area contributed by atoms with Crippen molar-refractivity contribution in [2.75, 3.05) is 5.32 Å². The molecule has 0 radical (unpaired) electrons. The average Bonchev–Trinajstić information content (AvgIpc) is 3.12. The van der Waals surface area contributed by atoms with Crippen molar-refractivity contribution >= 4 is 35.7 Å². The second-order valence-corrected chi connectivity index (χ2v) is 7.39. The zero-order valence-corrected chi connectivity index (χ0v) is 17.8. The fourth-order valence-corrected chi connectivity index (χ4v) is 3.38. The molecule has 2 aromatic carbocycles. The number of benzene rings is 2. The van der Waals surface area contributed by atoms with Gasteiger partial charge >= 0.3 is 191 Å². The standard InChI is InChI=1S/C22H17BF3N5O3/c1-12-20(30-23-31(12)11-13-6-8-14(9-7-13)34-22(24,25)26)29-21(33)16-10-18(19(27)32)28-17-5-3-2-4-15(16)17/h2-10H,11H2,1H3,(H2,27,32)(H,29,33). The molecule has 0 aliphatic carbocycles. The monoisotopic (exact) mass is 467 g/mol. The zero-order valence-electron chi connectivity index (χ0n) is 17.8. The summed E-state index contributed by atoms with van der Waals surface area (Å²) in [5, 5.41) is 3.27. The van der Waals surface area contributed by atoms with Crippen molar-refractivity contribution in [2.45, 2.75) is 19.8 Å². The van der Waals surface area contributed by atoms with Crippen LogP contribution >= 0.6 is 0 Å². The van der Waals surface area contributed by atoms with E-state index >= 15 is 0 Å². The van der Waals surface area contributed by atoms with Crippen LogP contribution in [0.25, 0.3) is 10.9 Å². The molecule has 0 aliphatic heterocycles. The molecule has 0 unspecified atom stereocenters. The van der Waals surface area contributed by atoms with Crippen LogP contribution in [0.4, 0.5) is 19.0 Å². The first kappa shape index (κ1) is 23.0. The summed E-state index contributed by atoms with van der Waals surface area (Å²) >= 11 is 0. The number of hydrogen-bond acceptors (Lipinski definition) is 5. The first-order valence-electron chi connectivity index (χ1n) is 9.98. The Morgan fingerprint density at radius 2 is 1.85 bits per heavy atom. The Morgan fingerprint density at radius 3 is 2.53 bits per heavy atom. The number of amides is 2. The van der Waals surface area contributed by atoms with E-state index in [4.69, 9.17) is 5.73 Å². The van der Waals surface area contributed by atoms with Crippen LogP contribution in [0.15, 0.2) is 54.6 Å². The predicted octanol–water partition coefficient (Wildman–Crippen LogP) is 3.38. The van der Waals surface area contributed by atoms with E-state index in [2.05, 4.69) is 19.9 Å². The third-order valence-electron chi connectivity index (χ3n) is 5.05. The molecular weight excluding hydrogens is 450 g/mol. The second kappa shape index (κ2) is 8.97. The molecule has 34 heavy (non-hydrogen) atoms. The molecule has 172 valence electrons. The van der Waals surface area contributed by atoms with Gasteiger partial charge in [-0.3, -0.25) is 0 Å². The number of alkyl halides is 3. The van der Waals surface area contributed by atoms with E-state index in [9.17, 15) is 22.8 Å². The number of carbonyl (C=O) groups is 2. The Morgan fingerprint density at radius 1 is 1.15 bits per heavy atom. The molecule has 2 aromatic heterocycles. The topological polar surface area (TPSA) is 112 Å². The molecule has 4 rings (SSSR count). The van der Waals surface area contributed by atoms with Gasteiger partial charge < -0.3 is 0 Å². The molecule has 2 heterocycles. The van der Waals surface area contributed by atoms with E-state index in [0.29, 0.717) is 34.5 Å². The number of nitrogens with zero attached hydrogens (tertiary/aromatic N) is 3. The number of ether oxygens (including phenoxy) is 1. The van der Waals surface area contributed by atoms with Crippen LogP contribution in [-0.2, 0) is 6.54 Å². The van der Waals surface area contributed by atoms with Crippen molar-refractivity contribution in [1.29, 1.82) is 0 Å². The molecule has 0 atom stereocenters. The van der Waals surface area contributed by atoms with E-state index in [-0.39, 0.29) is 17.0 Å². The van der Waals surface area contributed by atoms with Gasteiger partial charge in [0.2, 0.25) is 0 Å². The molecule has 0 bridgehead atoms. The van der Waals surface area contributed by atoms with Crippen LogP contribution in [0, 0.1) is 6.92 Å². The summed E-state index contributed by atoms with van der Waals surface area (Å²) in [5.74, 6) is -1.27. The molecule has 8 nitrogen and oxygen atoms in total. The van der Waals surface area contributed by atoms with Gasteiger partial charge in [0, 0.05) is 0 Å². The number of fused-ring (bicyclic) bond motifs is 1. The van der Waals surface area contributed by atoms with Crippen LogP contribution < -0.4 is 15.8 Å². The van der Waals surface area contributed by atoms with Crippen LogP contribution in [0.5, 0.6) is 5.75 Å². The van der Waals surface area contributed by atoms with Gasteiger partial charge in [0.25, 0.3) is 0 Å². The number of nitrogens with two attached hydrogens (primary N) is 1. The van der Waals surface area contributed by atoms with Crippen LogP contribution in [0.1, 0.15) is 32.1 Å². The number of carbonyl (C=O) groups excluding carboxylic acids is 2. The Balaban J connectivity index is 1.54. The van der Waals surface area contributed by atoms with Crippen LogP contribution in [-0.4, -0.2) is 39.7 Å². The minimum atomic E-state index is -4.76. The summed E-state index contributed by atoms with van der Waals surface area (Å²) in [6, 6.07) is 13.6. The van der Waals surface area contributed by atoms with Crippen molar-refractivity contribution in [3.05, 3.63) is 77.1 Å². The third kappa shape index (κ3) is 5.06. The van der Waals surface area contributed by atoms with Gasteiger partial charge in [-0.2, -0.15) is 0 Å². The van der Waals surface area contributed by atoms with Gasteiger partial charge in [0.05, 0.1) is 0 Å². The van der Waals surface area contributed by atoms with Gasteiger partial charge in [-0.15, -0.1) is 0 Å². The molecule has 0 spiro atoms. The first-order chi connectivity index (χ1) is 16.1. The number of nitrogens with one attached hydrogen (secondary N) is 1. The maximum absolute atomic E-state index is 13.0. The van der Waals surface area contributed by atoms with Gasteiger partial charge in [-0.05, 0) is 0 Å². The van der Waals surface area contributed by atoms with Crippen molar-refractivity contribution in [3.63, 3.8) is 0 Å². The molecule has 4 aromatic rings. The number of primary amides is 1. The van der Waals surface area contributed by atoms with Gasteiger partial charge in [0.1, 0.15) is 0 Å². The van der Waals surface area contributed by atoms with Crippen molar-refractivity contribution in [2.24, 2.45) is 5.73 Å². The summed E-state index contributed by atoms with van der Waals surface area (Å²) in [6.45, 7) is 2.05. The molecule has 0 fully saturated rings. The summed E-state index contributed by atoms with van der Waals surface area (Å²) in [4.78, 5) is 33.1. The summed E-state index contributed by atoms with van der Waals surface area (Å²) < 4.78 is 42.6. The first-order valence-corrected chi connectivity index (χ1v) is 9.98. The molecular formula is C22H17BF3N5O3. The van der Waals surface area contributed by atoms with Gasteiger partial charge in [-0.1, -0.05) is 0 Å². The van der Waals surface area contributed by atoms with Crippen molar-refractivity contribution < 1.29 is 27.5 Å². The summed E-state index contributed by atoms with van der Waals surface area (Å²) in [7, 11) is 1.50. The Kier molecular flexibility index (Phi) is 6.05. The normalized spacial score (nSPS) is 11.3. The van der Waals surface area contributed by atoms with E-state index < -0.39 is 18.2 Å². The SMILES string of the molecule is Cc1c(NC(=O)c2cc(C(N)=O)nc3ccccc23)nbn1Cc1ccc(OC(F)(F)F)cc1. The fraction of sp³-hybridized carbons (Fsp3) is 0.136. The molecule has 2 amide bonds. The quantitative estimate of drug-likeness (QED) is 0.452. The van der Waals surface area contributed by atoms with E-state index in [0.717, 1.165) is 0 Å². The number of para-hydroxylation sites is 1. The number of pyridine rings is 1. The summed E-state index contributed by atoms with van der Waals surface area (Å²) in [6.07, 6.45) is -4.76. The fourth-order valence-electron chi connectivity index (χ4n) is 3.38. The molecule has 0 saturated carbocycles. The Labute approximate surface area is 191 Å². The molecule has 0 saturated heterocycles. The van der Waals surface area contributed by atoms with Crippen LogP contribution in [0.3, 0.4) is 0 Å². The second-order valence-electron chi connectivity index (χ2n) is 7.39. The Bertz CT molecular complexity index is 1390. The molecule has 0 aliphatic rings. The van der Waals surface area contributed by atoms with Gasteiger partial charge in [0.15, 0.2) is 0 Å². The minimum absolute atomic E-state index is 0.0379. The maximum atomic E-state index is 13.0. The zero-order chi connectivity index (χ0) is 24.5. The molecule has 3 N–H and O–H groups in total. The van der Waals surface area contributed by atoms with Crippen molar-refractivity contribution in [3.8, 4) is 5.75 Å². The van der Waals surface area contributed by atoms with E-state index in [1.807, 2.05) is 0 Å². The third-order valence-corrected chi connectivity index (χ3v) is 5.05. The number of halogens is 3. The molecule has 12 heteroatoms. The van der Waals surface area contributed by atoms with E-state index in [1.54, 1.807) is 35.7 Å². The van der Waals surface area contributed by atoms with E-state index in [1.165, 1.54) is 37.5 Å².